The van der Waals surface area contributed by atoms with Crippen LogP contribution in [0.4, 0.5) is 0 Å². The Morgan fingerprint density at radius 2 is 1.69 bits per heavy atom. The molecule has 0 saturated heterocycles. The molecule has 5 nitrogen and oxygen atoms in total. The number of aliphatic hydroxyl groups is 1. The van der Waals surface area contributed by atoms with E-state index in [2.05, 4.69) is 0 Å². The lowest BCUT2D eigenvalue weighted by molar-refractivity contribution is -0.154. The summed E-state index contributed by atoms with van der Waals surface area (Å²) in [7, 11) is 1.51. The summed E-state index contributed by atoms with van der Waals surface area (Å²) >= 11 is 0. The van der Waals surface area contributed by atoms with Crippen LogP contribution in [0.15, 0.2) is 0 Å². The second kappa shape index (κ2) is 5.84. The fourth-order valence-corrected chi connectivity index (χ4v) is 1.45. The van der Waals surface area contributed by atoms with Crippen LogP contribution in [-0.4, -0.2) is 59.0 Å². The molecule has 0 saturated carbocycles. The predicted molar refractivity (Wildman–Crippen MR) is 61.9 cm³/mol. The maximum Gasteiger partial charge on any atom is 0.312 e. The van der Waals surface area contributed by atoms with Crippen LogP contribution in [0.5, 0.6) is 0 Å². The van der Waals surface area contributed by atoms with Crippen molar-refractivity contribution in [3.05, 3.63) is 0 Å². The first-order valence-electron chi connectivity index (χ1n) is 5.43. The van der Waals surface area contributed by atoms with Gasteiger partial charge in [0, 0.05) is 25.7 Å². The third kappa shape index (κ3) is 3.81. The number of hydrogen-bond donors (Lipinski definition) is 1. The van der Waals surface area contributed by atoms with E-state index in [1.54, 1.807) is 0 Å². The highest BCUT2D eigenvalue weighted by molar-refractivity contribution is 6.35. The highest BCUT2D eigenvalue weighted by Gasteiger charge is 2.31. The minimum Gasteiger partial charge on any atom is -0.395 e. The fourth-order valence-electron chi connectivity index (χ4n) is 1.45. The van der Waals surface area contributed by atoms with Crippen LogP contribution in [0.25, 0.3) is 0 Å². The fraction of sp³-hybridized carbons (Fsp3) is 0.818. The molecule has 0 fully saturated rings. The van der Waals surface area contributed by atoms with Gasteiger partial charge in [0.1, 0.15) is 0 Å². The molecule has 0 aromatic carbocycles. The van der Waals surface area contributed by atoms with Crippen molar-refractivity contribution in [3.63, 3.8) is 0 Å². The molecule has 2 amide bonds. The van der Waals surface area contributed by atoms with Gasteiger partial charge in [0.2, 0.25) is 0 Å². The summed E-state index contributed by atoms with van der Waals surface area (Å²) in [6.07, 6.45) is 0. The molecular weight excluding hydrogens is 208 g/mol. The molecule has 0 bridgehead atoms. The van der Waals surface area contributed by atoms with Crippen molar-refractivity contribution in [2.75, 3.05) is 26.7 Å². The summed E-state index contributed by atoms with van der Waals surface area (Å²) in [5.41, 5.74) is -0.373. The van der Waals surface area contributed by atoms with E-state index in [0.717, 1.165) is 0 Å². The van der Waals surface area contributed by atoms with Gasteiger partial charge in [0.25, 0.3) is 0 Å². The lowest BCUT2D eigenvalue weighted by Gasteiger charge is -2.35. The Morgan fingerprint density at radius 1 is 1.19 bits per heavy atom. The van der Waals surface area contributed by atoms with Crippen molar-refractivity contribution in [3.8, 4) is 0 Å². The summed E-state index contributed by atoms with van der Waals surface area (Å²) in [5.74, 6) is -1.10. The number of rotatable bonds is 3. The smallest absolute Gasteiger partial charge is 0.312 e. The van der Waals surface area contributed by atoms with Crippen LogP contribution in [-0.2, 0) is 9.59 Å². The van der Waals surface area contributed by atoms with Gasteiger partial charge >= 0.3 is 11.8 Å². The van der Waals surface area contributed by atoms with E-state index in [1.165, 1.54) is 16.8 Å². The minimum absolute atomic E-state index is 0.142. The Kier molecular flexibility index (Phi) is 5.44. The van der Waals surface area contributed by atoms with Crippen molar-refractivity contribution < 1.29 is 14.7 Å². The Hall–Kier alpha value is -1.10. The van der Waals surface area contributed by atoms with Gasteiger partial charge in [-0.15, -0.1) is 0 Å². The zero-order valence-electron chi connectivity index (χ0n) is 10.8. The first-order chi connectivity index (χ1) is 7.25. The molecule has 0 rings (SSSR count). The predicted octanol–water partition coefficient (Wildman–Crippen LogP) is 0.0841. The van der Waals surface area contributed by atoms with Crippen LogP contribution >= 0.6 is 0 Å². The molecule has 0 spiro atoms. The lowest BCUT2D eigenvalue weighted by atomic mass is 10.1. The van der Waals surface area contributed by atoms with E-state index in [4.69, 9.17) is 5.11 Å². The molecule has 16 heavy (non-hydrogen) atoms. The molecular formula is C11H22N2O3. The maximum absolute atomic E-state index is 11.9. The number of amides is 2. The first kappa shape index (κ1) is 14.9. The second-order valence-electron chi connectivity index (χ2n) is 4.67. The van der Waals surface area contributed by atoms with Crippen molar-refractivity contribution in [1.82, 2.24) is 9.80 Å². The van der Waals surface area contributed by atoms with Gasteiger partial charge < -0.3 is 14.9 Å². The average Bonchev–Trinajstić information content (AvgIpc) is 2.15. The molecule has 0 aliphatic carbocycles. The molecule has 1 N–H and O–H groups in total. The van der Waals surface area contributed by atoms with Gasteiger partial charge in [-0.2, -0.15) is 0 Å². The summed E-state index contributed by atoms with van der Waals surface area (Å²) in [5, 5.41) is 8.70. The molecule has 0 aromatic rings. The molecule has 0 heterocycles. The van der Waals surface area contributed by atoms with Gasteiger partial charge in [-0.1, -0.05) is 0 Å². The molecule has 0 unspecified atom stereocenters. The molecule has 0 aliphatic rings. The summed E-state index contributed by atoms with van der Waals surface area (Å²) in [6.45, 7) is 8.00. The van der Waals surface area contributed by atoms with E-state index >= 15 is 0 Å². The van der Waals surface area contributed by atoms with Crippen LogP contribution in [0.1, 0.15) is 27.7 Å². The molecule has 5 heteroatoms. The summed E-state index contributed by atoms with van der Waals surface area (Å²) in [6, 6.07) is 0. The lowest BCUT2D eigenvalue weighted by Crippen LogP contribution is -2.52. The van der Waals surface area contributed by atoms with Gasteiger partial charge in [0.05, 0.1) is 6.61 Å². The van der Waals surface area contributed by atoms with E-state index in [9.17, 15) is 9.59 Å². The molecule has 0 atom stereocenters. The topological polar surface area (TPSA) is 60.9 Å². The van der Waals surface area contributed by atoms with Gasteiger partial charge in [-0.25, -0.2) is 0 Å². The van der Waals surface area contributed by atoms with Crippen LogP contribution < -0.4 is 0 Å². The number of nitrogens with zero attached hydrogens (tertiary/aromatic N) is 2. The SMILES string of the molecule is CCN(C(=O)C(=O)N(C)CCO)C(C)(C)C. The quantitative estimate of drug-likeness (QED) is 0.699. The number of carbonyl (C=O) groups is 2. The highest BCUT2D eigenvalue weighted by Crippen LogP contribution is 2.13. The van der Waals surface area contributed by atoms with E-state index in [-0.39, 0.29) is 18.7 Å². The second-order valence-corrected chi connectivity index (χ2v) is 4.67. The van der Waals surface area contributed by atoms with Crippen molar-refractivity contribution in [2.24, 2.45) is 0 Å². The Labute approximate surface area is 97.0 Å². The number of carbonyl (C=O) groups excluding carboxylic acids is 2. The summed E-state index contributed by atoms with van der Waals surface area (Å²) < 4.78 is 0. The monoisotopic (exact) mass is 230 g/mol. The number of hydrogen-bond acceptors (Lipinski definition) is 3. The molecule has 0 radical (unpaired) electrons. The van der Waals surface area contributed by atoms with Crippen LogP contribution in [0, 0.1) is 0 Å². The van der Waals surface area contributed by atoms with Crippen LogP contribution in [0.3, 0.4) is 0 Å². The normalized spacial score (nSPS) is 11.1. The van der Waals surface area contributed by atoms with Gasteiger partial charge in [-0.3, -0.25) is 9.59 Å². The number of aliphatic hydroxyl groups excluding tert-OH is 1. The molecule has 94 valence electrons. The first-order valence-corrected chi connectivity index (χ1v) is 5.43. The Balaban J connectivity index is 4.70. The number of likely N-dealkylation sites (N-methyl/N-ethyl adjacent to an activating group) is 2. The van der Waals surface area contributed by atoms with Crippen LogP contribution in [0.2, 0.25) is 0 Å². The van der Waals surface area contributed by atoms with Crippen molar-refractivity contribution >= 4 is 11.8 Å². The average molecular weight is 230 g/mol. The zero-order chi connectivity index (χ0) is 12.9. The van der Waals surface area contributed by atoms with E-state index < -0.39 is 11.8 Å². The standard InChI is InChI=1S/C11H22N2O3/c1-6-13(11(2,3)4)10(16)9(15)12(5)7-8-14/h14H,6-8H2,1-5H3. The van der Waals surface area contributed by atoms with Crippen molar-refractivity contribution in [1.29, 1.82) is 0 Å². The van der Waals surface area contributed by atoms with Gasteiger partial charge in [-0.05, 0) is 27.7 Å². The highest BCUT2D eigenvalue weighted by atomic mass is 16.3. The largest absolute Gasteiger partial charge is 0.395 e. The maximum atomic E-state index is 11.9. The Bertz CT molecular complexity index is 258. The minimum atomic E-state index is -0.578. The van der Waals surface area contributed by atoms with E-state index in [0.29, 0.717) is 6.54 Å². The van der Waals surface area contributed by atoms with Gasteiger partial charge in [0.15, 0.2) is 0 Å². The molecule has 0 aromatic heterocycles. The zero-order valence-corrected chi connectivity index (χ0v) is 10.8. The Morgan fingerprint density at radius 3 is 2.00 bits per heavy atom. The third-order valence-electron chi connectivity index (χ3n) is 2.34. The van der Waals surface area contributed by atoms with Crippen molar-refractivity contribution in [2.45, 2.75) is 33.2 Å². The summed E-state index contributed by atoms with van der Waals surface area (Å²) in [4.78, 5) is 26.3. The molecule has 0 aliphatic heterocycles. The van der Waals surface area contributed by atoms with E-state index in [1.807, 2.05) is 27.7 Å². The third-order valence-corrected chi connectivity index (χ3v) is 2.34.